The third kappa shape index (κ3) is 4.45. The van der Waals surface area contributed by atoms with Crippen LogP contribution in [0.3, 0.4) is 0 Å². The molecular weight excluding hydrogens is 328 g/mol. The first kappa shape index (κ1) is 18.5. The summed E-state index contributed by atoms with van der Waals surface area (Å²) < 4.78 is 5.21. The average molecular weight is 358 g/mol. The fourth-order valence-corrected chi connectivity index (χ4v) is 3.54. The highest BCUT2D eigenvalue weighted by Gasteiger charge is 2.30. The van der Waals surface area contributed by atoms with Crippen molar-refractivity contribution in [2.24, 2.45) is 0 Å². The molecule has 1 amide bonds. The number of rotatable bonds is 6. The molecule has 1 fully saturated rings. The second-order valence-corrected chi connectivity index (χ2v) is 7.34. The van der Waals surface area contributed by atoms with Crippen molar-refractivity contribution in [3.8, 4) is 0 Å². The molecule has 1 saturated heterocycles. The summed E-state index contributed by atoms with van der Waals surface area (Å²) in [7, 11) is 6.34. The second-order valence-electron chi connectivity index (χ2n) is 7.34. The Labute approximate surface area is 155 Å². The number of likely N-dealkylation sites (N-methyl/N-ethyl adjacent to an activating group) is 1. The van der Waals surface area contributed by atoms with E-state index in [1.807, 2.05) is 14.1 Å². The zero-order chi connectivity index (χ0) is 18.5. The minimum absolute atomic E-state index is 0.149. The molecular formula is C20H30N4O2+2. The molecule has 0 unspecified atom stereocenters. The van der Waals surface area contributed by atoms with Crippen LogP contribution in [-0.2, 0) is 0 Å². The van der Waals surface area contributed by atoms with Crippen molar-refractivity contribution in [3.05, 3.63) is 54.0 Å². The Morgan fingerprint density at radius 2 is 1.85 bits per heavy atom. The van der Waals surface area contributed by atoms with Crippen LogP contribution in [0.15, 0.2) is 47.1 Å². The van der Waals surface area contributed by atoms with E-state index < -0.39 is 0 Å². The molecule has 1 aliphatic rings. The molecule has 6 heteroatoms. The van der Waals surface area contributed by atoms with E-state index in [4.69, 9.17) is 4.42 Å². The van der Waals surface area contributed by atoms with Gasteiger partial charge in [0.2, 0.25) is 0 Å². The number of hydrogen-bond acceptors (Lipinski definition) is 3. The van der Waals surface area contributed by atoms with Crippen LogP contribution in [0.4, 0.5) is 5.69 Å². The van der Waals surface area contributed by atoms with E-state index in [1.165, 1.54) is 22.4 Å². The number of amides is 1. The standard InChI is InChI=1S/C20H28N4O2/c1-22(2)17-8-6-16(7-9-17)18(24-12-10-23(3)11-13-24)15-21-20(25)19-5-4-14-26-19/h4-9,14,18H,10-13,15H2,1-3H3,(H,21,25)/p+2/t18-/m0/s1. The van der Waals surface area contributed by atoms with Crippen molar-refractivity contribution >= 4 is 11.6 Å². The molecule has 26 heavy (non-hydrogen) atoms. The molecule has 3 rings (SSSR count). The Morgan fingerprint density at radius 3 is 2.42 bits per heavy atom. The molecule has 0 bridgehead atoms. The van der Waals surface area contributed by atoms with Gasteiger partial charge in [0.15, 0.2) is 5.76 Å². The van der Waals surface area contributed by atoms with Crippen molar-refractivity contribution in [2.45, 2.75) is 6.04 Å². The van der Waals surface area contributed by atoms with E-state index in [0.29, 0.717) is 12.3 Å². The van der Waals surface area contributed by atoms with Crippen LogP contribution in [-0.4, -0.2) is 59.8 Å². The number of hydrogen-bond donors (Lipinski definition) is 3. The predicted octanol–water partition coefficient (Wildman–Crippen LogP) is -0.770. The highest BCUT2D eigenvalue weighted by molar-refractivity contribution is 5.91. The lowest BCUT2D eigenvalue weighted by Crippen LogP contribution is -3.27. The molecule has 1 atom stereocenters. The lowest BCUT2D eigenvalue weighted by atomic mass is 10.0. The second kappa shape index (κ2) is 8.38. The predicted molar refractivity (Wildman–Crippen MR) is 102 cm³/mol. The van der Waals surface area contributed by atoms with Crippen molar-refractivity contribution in [1.82, 2.24) is 5.32 Å². The highest BCUT2D eigenvalue weighted by Crippen LogP contribution is 2.16. The number of piperazine rings is 1. The van der Waals surface area contributed by atoms with E-state index >= 15 is 0 Å². The molecule has 1 aromatic heterocycles. The molecule has 0 saturated carbocycles. The first-order chi connectivity index (χ1) is 12.5. The van der Waals surface area contributed by atoms with Crippen LogP contribution >= 0.6 is 0 Å². The maximum absolute atomic E-state index is 12.3. The van der Waals surface area contributed by atoms with Crippen LogP contribution in [0.25, 0.3) is 0 Å². The molecule has 0 radical (unpaired) electrons. The van der Waals surface area contributed by atoms with E-state index in [9.17, 15) is 4.79 Å². The van der Waals surface area contributed by atoms with Crippen molar-refractivity contribution in [1.29, 1.82) is 0 Å². The summed E-state index contributed by atoms with van der Waals surface area (Å²) in [6.07, 6.45) is 1.53. The maximum Gasteiger partial charge on any atom is 0.287 e. The monoisotopic (exact) mass is 358 g/mol. The molecule has 2 aromatic rings. The van der Waals surface area contributed by atoms with Crippen molar-refractivity contribution in [3.63, 3.8) is 0 Å². The van der Waals surface area contributed by atoms with Gasteiger partial charge in [-0.2, -0.15) is 0 Å². The third-order valence-corrected chi connectivity index (χ3v) is 5.26. The van der Waals surface area contributed by atoms with Gasteiger partial charge in [-0.1, -0.05) is 12.1 Å². The summed E-state index contributed by atoms with van der Waals surface area (Å²) in [5.41, 5.74) is 2.45. The lowest BCUT2D eigenvalue weighted by Gasteiger charge is -2.33. The Hall–Kier alpha value is -2.31. The van der Waals surface area contributed by atoms with Gasteiger partial charge in [0, 0.05) is 25.3 Å². The van der Waals surface area contributed by atoms with Gasteiger partial charge < -0.3 is 24.4 Å². The van der Waals surface area contributed by atoms with Gasteiger partial charge >= 0.3 is 0 Å². The summed E-state index contributed by atoms with van der Waals surface area (Å²) in [5, 5.41) is 3.06. The Kier molecular flexibility index (Phi) is 5.96. The normalized spacial score (nSPS) is 21.2. The molecule has 0 aliphatic carbocycles. The number of nitrogens with zero attached hydrogens (tertiary/aromatic N) is 1. The molecule has 2 heterocycles. The number of quaternary nitrogens is 2. The smallest absolute Gasteiger partial charge is 0.287 e. The summed E-state index contributed by atoms with van der Waals surface area (Å²) in [5.74, 6) is 0.216. The topological polar surface area (TPSA) is 54.4 Å². The zero-order valence-corrected chi connectivity index (χ0v) is 15.9. The van der Waals surface area contributed by atoms with Gasteiger partial charge in [0.25, 0.3) is 5.91 Å². The molecule has 3 N–H and O–H groups in total. The zero-order valence-electron chi connectivity index (χ0n) is 15.9. The number of carbonyl (C=O) groups is 1. The third-order valence-electron chi connectivity index (χ3n) is 5.26. The van der Waals surface area contributed by atoms with Crippen LogP contribution in [0.5, 0.6) is 0 Å². The quantitative estimate of drug-likeness (QED) is 0.636. The van der Waals surface area contributed by atoms with Crippen LogP contribution in [0.1, 0.15) is 22.2 Å². The summed E-state index contributed by atoms with van der Waals surface area (Å²) in [4.78, 5) is 17.5. The summed E-state index contributed by atoms with van der Waals surface area (Å²) in [6.45, 7) is 5.15. The first-order valence-electron chi connectivity index (χ1n) is 9.29. The fourth-order valence-electron chi connectivity index (χ4n) is 3.54. The molecule has 1 aromatic carbocycles. The van der Waals surface area contributed by atoms with E-state index in [2.05, 4.69) is 41.5 Å². The van der Waals surface area contributed by atoms with Crippen LogP contribution < -0.4 is 20.0 Å². The van der Waals surface area contributed by atoms with Gasteiger partial charge in [-0.15, -0.1) is 0 Å². The van der Waals surface area contributed by atoms with Crippen molar-refractivity contribution < 1.29 is 19.0 Å². The molecule has 0 spiro atoms. The molecule has 6 nitrogen and oxygen atoms in total. The van der Waals surface area contributed by atoms with Crippen molar-refractivity contribution in [2.75, 3.05) is 58.8 Å². The Morgan fingerprint density at radius 1 is 1.15 bits per heavy atom. The number of furan rings is 1. The van der Waals surface area contributed by atoms with E-state index in [1.54, 1.807) is 17.0 Å². The molecule has 1 aliphatic heterocycles. The van der Waals surface area contributed by atoms with Gasteiger partial charge in [0.05, 0.1) is 19.9 Å². The van der Waals surface area contributed by atoms with Gasteiger partial charge in [0.1, 0.15) is 32.2 Å². The van der Waals surface area contributed by atoms with Crippen LogP contribution in [0.2, 0.25) is 0 Å². The minimum atomic E-state index is -0.149. The van der Waals surface area contributed by atoms with E-state index in [-0.39, 0.29) is 11.9 Å². The Balaban J connectivity index is 1.73. The largest absolute Gasteiger partial charge is 0.459 e. The SMILES string of the molecule is CN(C)c1ccc([C@H](CNC(=O)c2ccco2)[NH+]2CC[NH+](C)CC2)cc1. The summed E-state index contributed by atoms with van der Waals surface area (Å²) >= 11 is 0. The van der Waals surface area contributed by atoms with E-state index in [0.717, 1.165) is 26.2 Å². The minimum Gasteiger partial charge on any atom is -0.459 e. The van der Waals surface area contributed by atoms with Gasteiger partial charge in [-0.3, -0.25) is 4.79 Å². The fraction of sp³-hybridized carbons (Fsp3) is 0.450. The van der Waals surface area contributed by atoms with Crippen LogP contribution in [0, 0.1) is 0 Å². The number of benzene rings is 1. The number of carbonyl (C=O) groups excluding carboxylic acids is 1. The number of nitrogens with one attached hydrogen (secondary N) is 3. The molecule has 140 valence electrons. The Bertz CT molecular complexity index is 689. The average Bonchev–Trinajstić information content (AvgIpc) is 3.18. The highest BCUT2D eigenvalue weighted by atomic mass is 16.3. The first-order valence-corrected chi connectivity index (χ1v) is 9.29. The lowest BCUT2D eigenvalue weighted by molar-refractivity contribution is -1.02. The number of anilines is 1. The maximum atomic E-state index is 12.3. The summed E-state index contributed by atoms with van der Waals surface area (Å²) in [6, 6.07) is 12.4. The van der Waals surface area contributed by atoms with Gasteiger partial charge in [-0.25, -0.2) is 0 Å². The van der Waals surface area contributed by atoms with Gasteiger partial charge in [-0.05, 0) is 24.3 Å².